The molecule has 0 aromatic carbocycles. The van der Waals surface area contributed by atoms with Crippen molar-refractivity contribution in [2.24, 2.45) is 11.3 Å². The van der Waals surface area contributed by atoms with Crippen LogP contribution in [0, 0.1) is 11.3 Å². The van der Waals surface area contributed by atoms with Gasteiger partial charge in [-0.1, -0.05) is 48.0 Å². The molecule has 1 unspecified atom stereocenters. The molecule has 0 saturated heterocycles. The van der Waals surface area contributed by atoms with Crippen LogP contribution < -0.4 is 0 Å². The number of rotatable bonds is 0. The standard InChI is InChI=1S/C15H17Br/c1-15(2)13-6-4-3-5-11(13)12-8-7-10(16)9-14(12)15/h3-5,9,13H,6-8H2,1-2H3. The van der Waals surface area contributed by atoms with Gasteiger partial charge in [-0.3, -0.25) is 0 Å². The van der Waals surface area contributed by atoms with Gasteiger partial charge >= 0.3 is 0 Å². The lowest BCUT2D eigenvalue weighted by molar-refractivity contribution is 0.336. The van der Waals surface area contributed by atoms with E-state index in [0.717, 1.165) is 0 Å². The number of hydrogen-bond acceptors (Lipinski definition) is 0. The van der Waals surface area contributed by atoms with E-state index in [4.69, 9.17) is 0 Å². The van der Waals surface area contributed by atoms with Crippen LogP contribution in [-0.4, -0.2) is 0 Å². The van der Waals surface area contributed by atoms with Crippen molar-refractivity contribution in [2.45, 2.75) is 33.1 Å². The maximum absolute atomic E-state index is 3.67. The Morgan fingerprint density at radius 3 is 2.94 bits per heavy atom. The Balaban J connectivity index is 2.17. The average Bonchev–Trinajstić information content (AvgIpc) is 2.49. The van der Waals surface area contributed by atoms with Crippen LogP contribution in [0.25, 0.3) is 0 Å². The van der Waals surface area contributed by atoms with E-state index in [1.54, 1.807) is 16.7 Å². The number of hydrogen-bond donors (Lipinski definition) is 0. The minimum Gasteiger partial charge on any atom is -0.0839 e. The summed E-state index contributed by atoms with van der Waals surface area (Å²) in [5.74, 6) is 0.706. The Kier molecular flexibility index (Phi) is 2.29. The molecule has 0 fully saturated rings. The van der Waals surface area contributed by atoms with Gasteiger partial charge < -0.3 is 0 Å². The fraction of sp³-hybridized carbons (Fsp3) is 0.467. The Morgan fingerprint density at radius 2 is 2.12 bits per heavy atom. The molecule has 84 valence electrons. The summed E-state index contributed by atoms with van der Waals surface area (Å²) in [7, 11) is 0. The van der Waals surface area contributed by atoms with Crippen molar-refractivity contribution in [2.75, 3.05) is 0 Å². The molecule has 3 rings (SSSR count). The molecule has 0 aliphatic heterocycles. The first-order chi connectivity index (χ1) is 7.60. The molecule has 0 heterocycles. The number of fused-ring (bicyclic) bond motifs is 2. The third kappa shape index (κ3) is 1.34. The van der Waals surface area contributed by atoms with Crippen molar-refractivity contribution in [1.82, 2.24) is 0 Å². The third-order valence-corrected chi connectivity index (χ3v) is 4.94. The Hall–Kier alpha value is -0.560. The first-order valence-electron chi connectivity index (χ1n) is 6.07. The van der Waals surface area contributed by atoms with E-state index in [-0.39, 0.29) is 0 Å². The molecule has 1 heteroatoms. The predicted molar refractivity (Wildman–Crippen MR) is 72.4 cm³/mol. The largest absolute Gasteiger partial charge is 0.0839 e. The second-order valence-corrected chi connectivity index (χ2v) is 6.56. The zero-order valence-electron chi connectivity index (χ0n) is 9.89. The van der Waals surface area contributed by atoms with Crippen molar-refractivity contribution >= 4 is 15.9 Å². The Bertz CT molecular complexity index is 458. The summed E-state index contributed by atoms with van der Waals surface area (Å²) in [5, 5.41) is 0. The van der Waals surface area contributed by atoms with Crippen molar-refractivity contribution in [1.29, 1.82) is 0 Å². The van der Waals surface area contributed by atoms with Gasteiger partial charge in [-0.05, 0) is 57.9 Å². The van der Waals surface area contributed by atoms with Gasteiger partial charge in [-0.25, -0.2) is 0 Å². The zero-order valence-corrected chi connectivity index (χ0v) is 11.5. The lowest BCUT2D eigenvalue weighted by atomic mass is 9.73. The summed E-state index contributed by atoms with van der Waals surface area (Å²) in [5.41, 5.74) is 5.12. The van der Waals surface area contributed by atoms with E-state index in [1.807, 2.05) is 0 Å². The molecule has 0 aromatic rings. The van der Waals surface area contributed by atoms with Crippen LogP contribution in [-0.2, 0) is 0 Å². The lowest BCUT2D eigenvalue weighted by Crippen LogP contribution is -2.22. The summed E-state index contributed by atoms with van der Waals surface area (Å²) in [4.78, 5) is 0. The first-order valence-corrected chi connectivity index (χ1v) is 6.87. The highest BCUT2D eigenvalue weighted by Gasteiger charge is 2.44. The predicted octanol–water partition coefficient (Wildman–Crippen LogP) is 4.90. The van der Waals surface area contributed by atoms with E-state index in [1.165, 1.54) is 23.7 Å². The number of halogens is 1. The molecule has 0 radical (unpaired) electrons. The molecule has 0 N–H and O–H groups in total. The van der Waals surface area contributed by atoms with Gasteiger partial charge in [0.2, 0.25) is 0 Å². The van der Waals surface area contributed by atoms with Crippen LogP contribution in [0.1, 0.15) is 33.1 Å². The minimum atomic E-state index is 0.311. The molecule has 3 aliphatic carbocycles. The zero-order chi connectivity index (χ0) is 11.3. The summed E-state index contributed by atoms with van der Waals surface area (Å²) in [6, 6.07) is 0. The van der Waals surface area contributed by atoms with Crippen LogP contribution >= 0.6 is 15.9 Å². The molecular formula is C15H17Br. The van der Waals surface area contributed by atoms with Crippen molar-refractivity contribution in [3.8, 4) is 0 Å². The maximum Gasteiger partial charge on any atom is -0.00287 e. The van der Waals surface area contributed by atoms with E-state index in [2.05, 4.69) is 54.1 Å². The van der Waals surface area contributed by atoms with Crippen LogP contribution in [0.3, 0.4) is 0 Å². The lowest BCUT2D eigenvalue weighted by Gasteiger charge is -2.30. The van der Waals surface area contributed by atoms with E-state index < -0.39 is 0 Å². The van der Waals surface area contributed by atoms with E-state index in [0.29, 0.717) is 11.3 Å². The molecule has 16 heavy (non-hydrogen) atoms. The number of allylic oxidation sites excluding steroid dienone is 8. The van der Waals surface area contributed by atoms with Crippen molar-refractivity contribution < 1.29 is 0 Å². The van der Waals surface area contributed by atoms with Gasteiger partial charge in [0.1, 0.15) is 0 Å². The molecular weight excluding hydrogens is 260 g/mol. The highest BCUT2D eigenvalue weighted by Crippen LogP contribution is 2.56. The summed E-state index contributed by atoms with van der Waals surface area (Å²) in [6.45, 7) is 4.80. The van der Waals surface area contributed by atoms with Gasteiger partial charge in [0.05, 0.1) is 0 Å². The molecule has 0 aromatic heterocycles. The van der Waals surface area contributed by atoms with Gasteiger partial charge in [0.25, 0.3) is 0 Å². The second-order valence-electron chi connectivity index (χ2n) is 5.54. The Labute approximate surface area is 106 Å². The van der Waals surface area contributed by atoms with Crippen LogP contribution in [0.4, 0.5) is 0 Å². The maximum atomic E-state index is 3.67. The average molecular weight is 277 g/mol. The highest BCUT2D eigenvalue weighted by molar-refractivity contribution is 9.11. The topological polar surface area (TPSA) is 0 Å². The molecule has 0 spiro atoms. The first kappa shape index (κ1) is 10.6. The molecule has 0 amide bonds. The van der Waals surface area contributed by atoms with E-state index >= 15 is 0 Å². The molecule has 1 atom stereocenters. The van der Waals surface area contributed by atoms with Crippen molar-refractivity contribution in [3.63, 3.8) is 0 Å². The minimum absolute atomic E-state index is 0.311. The van der Waals surface area contributed by atoms with E-state index in [9.17, 15) is 0 Å². The van der Waals surface area contributed by atoms with Gasteiger partial charge in [-0.15, -0.1) is 0 Å². The molecule has 0 nitrogen and oxygen atoms in total. The van der Waals surface area contributed by atoms with Gasteiger partial charge in [0, 0.05) is 0 Å². The summed E-state index contributed by atoms with van der Waals surface area (Å²) < 4.78 is 1.37. The van der Waals surface area contributed by atoms with Crippen LogP contribution in [0.15, 0.2) is 45.5 Å². The molecule has 0 bridgehead atoms. The second kappa shape index (κ2) is 3.46. The van der Waals surface area contributed by atoms with Crippen LogP contribution in [0.2, 0.25) is 0 Å². The van der Waals surface area contributed by atoms with Gasteiger partial charge in [0.15, 0.2) is 0 Å². The smallest absolute Gasteiger partial charge is 0.00287 e. The fourth-order valence-electron chi connectivity index (χ4n) is 3.38. The Morgan fingerprint density at radius 1 is 1.31 bits per heavy atom. The third-order valence-electron chi connectivity index (χ3n) is 4.31. The van der Waals surface area contributed by atoms with Crippen LogP contribution in [0.5, 0.6) is 0 Å². The quantitative estimate of drug-likeness (QED) is 0.591. The van der Waals surface area contributed by atoms with Crippen molar-refractivity contribution in [3.05, 3.63) is 45.5 Å². The normalized spacial score (nSPS) is 30.8. The monoisotopic (exact) mass is 276 g/mol. The summed E-state index contributed by atoms with van der Waals surface area (Å²) in [6.07, 6.45) is 12.8. The molecule has 0 saturated carbocycles. The SMILES string of the molecule is CC1(C)C2=C(CCC(Br)=C2)C2=CC=CCC21. The molecule has 3 aliphatic rings. The van der Waals surface area contributed by atoms with Gasteiger partial charge in [-0.2, -0.15) is 0 Å². The summed E-state index contributed by atoms with van der Waals surface area (Å²) >= 11 is 3.67. The highest BCUT2D eigenvalue weighted by atomic mass is 79.9. The fourth-order valence-corrected chi connectivity index (χ4v) is 3.81.